The first-order chi connectivity index (χ1) is 7.38. The van der Waals surface area contributed by atoms with Crippen molar-refractivity contribution < 1.29 is 17.9 Å². The second kappa shape index (κ2) is 3.86. The zero-order valence-corrected chi connectivity index (χ0v) is 9.20. The Balaban J connectivity index is 2.41. The van der Waals surface area contributed by atoms with Crippen LogP contribution in [0.5, 0.6) is 5.75 Å². The van der Waals surface area contributed by atoms with Gasteiger partial charge in [-0.2, -0.15) is 13.2 Å². The van der Waals surface area contributed by atoms with Crippen LogP contribution in [0.25, 0.3) is 6.08 Å². The molecular formula is C10H5Cl2F3O. The van der Waals surface area contributed by atoms with Crippen LogP contribution in [-0.2, 0) is 0 Å². The molecular weight excluding hydrogens is 264 g/mol. The summed E-state index contributed by atoms with van der Waals surface area (Å²) >= 11 is 11.5. The summed E-state index contributed by atoms with van der Waals surface area (Å²) in [5.41, 5.74) is 0.409. The molecule has 6 heteroatoms. The molecule has 1 heterocycles. The summed E-state index contributed by atoms with van der Waals surface area (Å²) in [5, 5.41) is 0.499. The van der Waals surface area contributed by atoms with Crippen molar-refractivity contribution in [1.82, 2.24) is 0 Å². The van der Waals surface area contributed by atoms with E-state index in [1.54, 1.807) is 0 Å². The highest BCUT2D eigenvalue weighted by atomic mass is 35.5. The third kappa shape index (κ3) is 2.13. The molecule has 0 N–H and O–H groups in total. The van der Waals surface area contributed by atoms with Gasteiger partial charge in [0, 0.05) is 10.6 Å². The molecule has 0 radical (unpaired) electrons. The van der Waals surface area contributed by atoms with Gasteiger partial charge in [0.1, 0.15) is 5.75 Å². The Kier molecular flexibility index (Phi) is 2.80. The summed E-state index contributed by atoms with van der Waals surface area (Å²) in [5.74, 6) is 0.0438. The van der Waals surface area contributed by atoms with Crippen LogP contribution in [0.2, 0.25) is 10.0 Å². The number of rotatable bonds is 0. The minimum atomic E-state index is -4.44. The van der Waals surface area contributed by atoms with Gasteiger partial charge in [0.25, 0.3) is 0 Å². The minimum Gasteiger partial charge on any atom is -0.476 e. The third-order valence-corrected chi connectivity index (χ3v) is 2.60. The van der Waals surface area contributed by atoms with E-state index >= 15 is 0 Å². The van der Waals surface area contributed by atoms with E-state index in [-0.39, 0.29) is 15.8 Å². The molecule has 2 rings (SSSR count). The topological polar surface area (TPSA) is 9.23 Å². The van der Waals surface area contributed by atoms with Crippen LogP contribution in [0, 0.1) is 0 Å². The molecule has 16 heavy (non-hydrogen) atoms. The van der Waals surface area contributed by atoms with Gasteiger partial charge in [-0.1, -0.05) is 23.2 Å². The first kappa shape index (κ1) is 11.6. The molecule has 1 aliphatic rings. The molecule has 1 aliphatic heterocycles. The van der Waals surface area contributed by atoms with Gasteiger partial charge in [-0.15, -0.1) is 0 Å². The maximum absolute atomic E-state index is 12.4. The van der Waals surface area contributed by atoms with Crippen LogP contribution in [0.4, 0.5) is 13.2 Å². The van der Waals surface area contributed by atoms with E-state index in [9.17, 15) is 13.2 Å². The average molecular weight is 269 g/mol. The summed E-state index contributed by atoms with van der Waals surface area (Å²) in [6.45, 7) is 0. The largest absolute Gasteiger partial charge is 0.476 e. The van der Waals surface area contributed by atoms with Gasteiger partial charge in [-0.05, 0) is 24.3 Å². The number of ether oxygens (including phenoxy) is 1. The summed E-state index contributed by atoms with van der Waals surface area (Å²) in [6.07, 6.45) is -4.18. The standard InChI is InChI=1S/C10H5Cl2F3O/c11-5-3-7(12)6-1-2-9(10(13,14)15)16-8(6)4-5/h1-4,9H. The smallest absolute Gasteiger partial charge is 0.429 e. The molecule has 1 aromatic carbocycles. The molecule has 0 amide bonds. The summed E-state index contributed by atoms with van der Waals surface area (Å²) in [6, 6.07) is 2.76. The zero-order chi connectivity index (χ0) is 11.9. The monoisotopic (exact) mass is 268 g/mol. The van der Waals surface area contributed by atoms with Crippen LogP contribution >= 0.6 is 23.2 Å². The van der Waals surface area contributed by atoms with Crippen LogP contribution in [0.3, 0.4) is 0 Å². The lowest BCUT2D eigenvalue weighted by Crippen LogP contribution is -2.33. The maximum atomic E-state index is 12.4. The fourth-order valence-electron chi connectivity index (χ4n) is 1.36. The molecule has 1 aromatic rings. The van der Waals surface area contributed by atoms with Crippen molar-refractivity contribution in [3.63, 3.8) is 0 Å². The van der Waals surface area contributed by atoms with Crippen molar-refractivity contribution in [3.8, 4) is 5.75 Å². The molecule has 1 unspecified atom stereocenters. The van der Waals surface area contributed by atoms with Crippen molar-refractivity contribution in [3.05, 3.63) is 33.8 Å². The van der Waals surface area contributed by atoms with E-state index in [1.807, 2.05) is 0 Å². The number of alkyl halides is 3. The van der Waals surface area contributed by atoms with E-state index in [0.29, 0.717) is 5.56 Å². The van der Waals surface area contributed by atoms with Gasteiger partial charge < -0.3 is 4.74 Å². The molecule has 0 aliphatic carbocycles. The maximum Gasteiger partial charge on any atom is 0.429 e. The second-order valence-corrected chi connectivity index (χ2v) is 4.08. The van der Waals surface area contributed by atoms with E-state index < -0.39 is 12.3 Å². The predicted octanol–water partition coefficient (Wildman–Crippen LogP) is 4.33. The Labute approximate surface area is 99.4 Å². The Bertz CT molecular complexity index is 454. The number of fused-ring (bicyclic) bond motifs is 1. The van der Waals surface area contributed by atoms with E-state index in [0.717, 1.165) is 6.08 Å². The number of hydrogen-bond acceptors (Lipinski definition) is 1. The SMILES string of the molecule is FC(F)(F)C1C=Cc2c(Cl)cc(Cl)cc2O1. The lowest BCUT2D eigenvalue weighted by Gasteiger charge is -2.24. The Morgan fingerprint density at radius 2 is 1.88 bits per heavy atom. The minimum absolute atomic E-state index is 0.0438. The molecule has 1 nitrogen and oxygen atoms in total. The van der Waals surface area contributed by atoms with Crippen molar-refractivity contribution in [2.24, 2.45) is 0 Å². The van der Waals surface area contributed by atoms with Gasteiger partial charge in [0.2, 0.25) is 6.10 Å². The van der Waals surface area contributed by atoms with Crippen LogP contribution in [0.15, 0.2) is 18.2 Å². The third-order valence-electron chi connectivity index (χ3n) is 2.07. The van der Waals surface area contributed by atoms with E-state index in [4.69, 9.17) is 27.9 Å². The summed E-state index contributed by atoms with van der Waals surface area (Å²) in [7, 11) is 0. The highest BCUT2D eigenvalue weighted by Crippen LogP contribution is 2.38. The Morgan fingerprint density at radius 3 is 2.50 bits per heavy atom. The molecule has 86 valence electrons. The van der Waals surface area contributed by atoms with Crippen LogP contribution in [-0.4, -0.2) is 12.3 Å². The second-order valence-electron chi connectivity index (χ2n) is 3.24. The summed E-state index contributed by atoms with van der Waals surface area (Å²) in [4.78, 5) is 0. The quantitative estimate of drug-likeness (QED) is 0.681. The first-order valence-electron chi connectivity index (χ1n) is 4.28. The molecule has 1 atom stereocenters. The average Bonchev–Trinajstić information content (AvgIpc) is 2.15. The van der Waals surface area contributed by atoms with Crippen molar-refractivity contribution in [1.29, 1.82) is 0 Å². The van der Waals surface area contributed by atoms with Crippen molar-refractivity contribution in [2.45, 2.75) is 12.3 Å². The summed E-state index contributed by atoms with van der Waals surface area (Å²) < 4.78 is 42.0. The van der Waals surface area contributed by atoms with Gasteiger partial charge in [0.05, 0.1) is 5.02 Å². The number of hydrogen-bond donors (Lipinski definition) is 0. The molecule has 0 saturated carbocycles. The van der Waals surface area contributed by atoms with Gasteiger partial charge >= 0.3 is 6.18 Å². The molecule has 0 saturated heterocycles. The predicted molar refractivity (Wildman–Crippen MR) is 56.0 cm³/mol. The van der Waals surface area contributed by atoms with Gasteiger partial charge in [-0.3, -0.25) is 0 Å². The molecule has 0 aromatic heterocycles. The normalized spacial score (nSPS) is 19.2. The van der Waals surface area contributed by atoms with Crippen molar-refractivity contribution in [2.75, 3.05) is 0 Å². The van der Waals surface area contributed by atoms with E-state index in [1.165, 1.54) is 18.2 Å². The van der Waals surface area contributed by atoms with E-state index in [2.05, 4.69) is 0 Å². The molecule has 0 spiro atoms. The van der Waals surface area contributed by atoms with Crippen molar-refractivity contribution >= 4 is 29.3 Å². The Morgan fingerprint density at radius 1 is 1.19 bits per heavy atom. The number of benzene rings is 1. The fraction of sp³-hybridized carbons (Fsp3) is 0.200. The molecule has 0 bridgehead atoms. The zero-order valence-electron chi connectivity index (χ0n) is 7.68. The van der Waals surface area contributed by atoms with Crippen LogP contribution < -0.4 is 4.74 Å². The highest BCUT2D eigenvalue weighted by Gasteiger charge is 2.41. The first-order valence-corrected chi connectivity index (χ1v) is 5.04. The van der Waals surface area contributed by atoms with Gasteiger partial charge in [0.15, 0.2) is 0 Å². The lowest BCUT2D eigenvalue weighted by molar-refractivity contribution is -0.180. The van der Waals surface area contributed by atoms with Gasteiger partial charge in [-0.25, -0.2) is 0 Å². The number of halogens is 5. The highest BCUT2D eigenvalue weighted by molar-refractivity contribution is 6.35. The van der Waals surface area contributed by atoms with Crippen LogP contribution in [0.1, 0.15) is 5.56 Å². The Hall–Kier alpha value is -0.870. The molecule has 0 fully saturated rings. The fourth-order valence-corrected chi connectivity index (χ4v) is 1.89. The lowest BCUT2D eigenvalue weighted by atomic mass is 10.1.